The Morgan fingerprint density at radius 2 is 2.31 bits per heavy atom. The van der Waals surface area contributed by atoms with E-state index in [1.807, 2.05) is 6.92 Å². The van der Waals surface area contributed by atoms with Gasteiger partial charge in [0, 0.05) is 5.75 Å². The maximum absolute atomic E-state index is 12.8. The number of nitrogens with zero attached hydrogens (tertiary/aromatic N) is 1. The lowest BCUT2D eigenvalue weighted by atomic mass is 10.1. The smallest absolute Gasteiger partial charge is 0.123 e. The second-order valence-corrected chi connectivity index (χ2v) is 3.82. The lowest BCUT2D eigenvalue weighted by Gasteiger charge is -2.01. The van der Waals surface area contributed by atoms with E-state index in [2.05, 4.69) is 6.07 Å². The third-order valence-corrected chi connectivity index (χ3v) is 2.57. The van der Waals surface area contributed by atoms with Gasteiger partial charge in [0.25, 0.3) is 0 Å². The Kier molecular flexibility index (Phi) is 3.78. The van der Waals surface area contributed by atoms with Crippen LogP contribution in [0.15, 0.2) is 18.2 Å². The number of hydrogen-bond donors (Lipinski definition) is 0. The van der Waals surface area contributed by atoms with Crippen LogP contribution in [0.3, 0.4) is 0 Å². The molecule has 0 N–H and O–H groups in total. The van der Waals surface area contributed by atoms with Crippen molar-refractivity contribution in [3.63, 3.8) is 0 Å². The first-order valence-electron chi connectivity index (χ1n) is 4.04. The van der Waals surface area contributed by atoms with Crippen molar-refractivity contribution in [1.29, 1.82) is 5.26 Å². The predicted octanol–water partition coefficient (Wildman–Crippen LogP) is 2.95. The molecule has 13 heavy (non-hydrogen) atoms. The second kappa shape index (κ2) is 4.88. The molecule has 0 saturated carbocycles. The second-order valence-electron chi connectivity index (χ2n) is 2.55. The largest absolute Gasteiger partial charge is 0.207 e. The monoisotopic (exact) mass is 195 g/mol. The number of hydrogen-bond acceptors (Lipinski definition) is 2. The Morgan fingerprint density at radius 3 is 2.92 bits per heavy atom. The van der Waals surface area contributed by atoms with Gasteiger partial charge in [0.05, 0.1) is 11.6 Å². The number of halogens is 1. The Hall–Kier alpha value is -1.01. The van der Waals surface area contributed by atoms with Crippen molar-refractivity contribution in [3.8, 4) is 6.07 Å². The highest BCUT2D eigenvalue weighted by molar-refractivity contribution is 7.98. The van der Waals surface area contributed by atoms with Gasteiger partial charge < -0.3 is 0 Å². The maximum atomic E-state index is 12.8. The van der Waals surface area contributed by atoms with E-state index in [0.717, 1.165) is 11.3 Å². The van der Waals surface area contributed by atoms with E-state index < -0.39 is 0 Å². The van der Waals surface area contributed by atoms with E-state index in [9.17, 15) is 4.39 Å². The first kappa shape index (κ1) is 10.1. The molecule has 0 aliphatic heterocycles. The van der Waals surface area contributed by atoms with Crippen LogP contribution in [-0.2, 0) is 5.75 Å². The molecule has 0 radical (unpaired) electrons. The molecule has 0 amide bonds. The first-order chi connectivity index (χ1) is 6.27. The highest BCUT2D eigenvalue weighted by Crippen LogP contribution is 2.17. The third kappa shape index (κ3) is 2.74. The number of nitriles is 1. The van der Waals surface area contributed by atoms with Crippen LogP contribution in [0.25, 0.3) is 0 Å². The Morgan fingerprint density at radius 1 is 1.54 bits per heavy atom. The summed E-state index contributed by atoms with van der Waals surface area (Å²) in [7, 11) is 0. The quantitative estimate of drug-likeness (QED) is 0.740. The van der Waals surface area contributed by atoms with Gasteiger partial charge in [-0.3, -0.25) is 0 Å². The van der Waals surface area contributed by atoms with Crippen LogP contribution in [0, 0.1) is 17.1 Å². The summed E-state index contributed by atoms with van der Waals surface area (Å²) < 4.78 is 12.8. The fourth-order valence-corrected chi connectivity index (χ4v) is 1.67. The van der Waals surface area contributed by atoms with Gasteiger partial charge in [-0.05, 0) is 29.5 Å². The molecule has 0 aliphatic carbocycles. The molecule has 0 aliphatic rings. The summed E-state index contributed by atoms with van der Waals surface area (Å²) in [4.78, 5) is 0. The standard InChI is InChI=1S/C10H10FNS/c1-2-13-7-9-5-10(11)4-3-8(9)6-12/h3-5H,2,7H2,1H3. The van der Waals surface area contributed by atoms with Crippen LogP contribution >= 0.6 is 11.8 Å². The summed E-state index contributed by atoms with van der Waals surface area (Å²) in [5.41, 5.74) is 1.36. The van der Waals surface area contributed by atoms with Gasteiger partial charge in [-0.15, -0.1) is 0 Å². The van der Waals surface area contributed by atoms with Crippen LogP contribution in [0.4, 0.5) is 4.39 Å². The molecule has 0 atom stereocenters. The van der Waals surface area contributed by atoms with Crippen molar-refractivity contribution in [2.24, 2.45) is 0 Å². The molecule has 68 valence electrons. The van der Waals surface area contributed by atoms with Gasteiger partial charge in [0.15, 0.2) is 0 Å². The number of benzene rings is 1. The van der Waals surface area contributed by atoms with Crippen molar-refractivity contribution in [2.45, 2.75) is 12.7 Å². The third-order valence-electron chi connectivity index (χ3n) is 1.65. The van der Waals surface area contributed by atoms with Gasteiger partial charge in [0.2, 0.25) is 0 Å². The molecule has 1 nitrogen and oxygen atoms in total. The van der Waals surface area contributed by atoms with Crippen molar-refractivity contribution in [2.75, 3.05) is 5.75 Å². The van der Waals surface area contributed by atoms with Crippen molar-refractivity contribution in [1.82, 2.24) is 0 Å². The van der Waals surface area contributed by atoms with Crippen LogP contribution in [0.5, 0.6) is 0 Å². The molecule has 1 aromatic rings. The maximum Gasteiger partial charge on any atom is 0.123 e. The van der Waals surface area contributed by atoms with E-state index in [0.29, 0.717) is 11.3 Å². The summed E-state index contributed by atoms with van der Waals surface area (Å²) in [6, 6.07) is 6.33. The molecule has 0 aromatic heterocycles. The van der Waals surface area contributed by atoms with Gasteiger partial charge in [-0.25, -0.2) is 4.39 Å². The molecule has 1 rings (SSSR count). The molecule has 0 unspecified atom stereocenters. The van der Waals surface area contributed by atoms with Gasteiger partial charge in [-0.2, -0.15) is 17.0 Å². The van der Waals surface area contributed by atoms with Crippen molar-refractivity contribution in [3.05, 3.63) is 35.1 Å². The predicted molar refractivity (Wildman–Crippen MR) is 53.0 cm³/mol. The lowest BCUT2D eigenvalue weighted by Crippen LogP contribution is -1.89. The molecule has 3 heteroatoms. The van der Waals surface area contributed by atoms with E-state index in [-0.39, 0.29) is 5.82 Å². The average molecular weight is 195 g/mol. The fraction of sp³-hybridized carbons (Fsp3) is 0.300. The van der Waals surface area contributed by atoms with E-state index in [1.165, 1.54) is 18.2 Å². The molecule has 0 fully saturated rings. The molecule has 0 heterocycles. The average Bonchev–Trinajstić information content (AvgIpc) is 2.15. The zero-order valence-corrected chi connectivity index (χ0v) is 8.20. The molecule has 0 bridgehead atoms. The Bertz CT molecular complexity index is 330. The minimum atomic E-state index is -0.272. The summed E-state index contributed by atoms with van der Waals surface area (Å²) in [6.45, 7) is 2.04. The molecular formula is C10H10FNS. The van der Waals surface area contributed by atoms with E-state index in [4.69, 9.17) is 5.26 Å². The van der Waals surface area contributed by atoms with E-state index in [1.54, 1.807) is 11.8 Å². The SMILES string of the molecule is CCSCc1cc(F)ccc1C#N. The normalized spacial score (nSPS) is 9.62. The zero-order valence-electron chi connectivity index (χ0n) is 7.38. The zero-order chi connectivity index (χ0) is 9.68. The fourth-order valence-electron chi connectivity index (χ4n) is 1.00. The molecular weight excluding hydrogens is 185 g/mol. The van der Waals surface area contributed by atoms with Crippen LogP contribution < -0.4 is 0 Å². The Labute approximate surface area is 81.6 Å². The van der Waals surface area contributed by atoms with Gasteiger partial charge in [-0.1, -0.05) is 6.92 Å². The number of thioether (sulfide) groups is 1. The topological polar surface area (TPSA) is 23.8 Å². The summed E-state index contributed by atoms with van der Waals surface area (Å²) in [5.74, 6) is 1.41. The Balaban J connectivity index is 2.89. The highest BCUT2D eigenvalue weighted by Gasteiger charge is 2.02. The number of rotatable bonds is 3. The summed E-state index contributed by atoms with van der Waals surface area (Å²) in [6.07, 6.45) is 0. The van der Waals surface area contributed by atoms with Crippen LogP contribution in [0.2, 0.25) is 0 Å². The molecule has 1 aromatic carbocycles. The minimum absolute atomic E-state index is 0.272. The molecule has 0 saturated heterocycles. The summed E-state index contributed by atoms with van der Waals surface area (Å²) >= 11 is 1.68. The van der Waals surface area contributed by atoms with Crippen LogP contribution in [0.1, 0.15) is 18.1 Å². The van der Waals surface area contributed by atoms with Crippen molar-refractivity contribution >= 4 is 11.8 Å². The lowest BCUT2D eigenvalue weighted by molar-refractivity contribution is 0.626. The van der Waals surface area contributed by atoms with Gasteiger partial charge in [0.1, 0.15) is 5.82 Å². The van der Waals surface area contributed by atoms with Crippen molar-refractivity contribution < 1.29 is 4.39 Å². The van der Waals surface area contributed by atoms with E-state index >= 15 is 0 Å². The van der Waals surface area contributed by atoms with Crippen LogP contribution in [-0.4, -0.2) is 5.75 Å². The highest BCUT2D eigenvalue weighted by atomic mass is 32.2. The molecule has 0 spiro atoms. The summed E-state index contributed by atoms with van der Waals surface area (Å²) in [5, 5.41) is 8.73. The first-order valence-corrected chi connectivity index (χ1v) is 5.19. The minimum Gasteiger partial charge on any atom is -0.207 e. The van der Waals surface area contributed by atoms with Gasteiger partial charge >= 0.3 is 0 Å².